The molecular weight excluding hydrogens is 331 g/mol. The molecule has 1 aliphatic rings. The lowest BCUT2D eigenvalue weighted by molar-refractivity contribution is 0.310. The fraction of sp³-hybridized carbons (Fsp3) is 0.538. The molecule has 0 spiro atoms. The van der Waals surface area contributed by atoms with Gasteiger partial charge in [0.15, 0.2) is 0 Å². The highest BCUT2D eigenvalue weighted by Crippen LogP contribution is 2.19. The van der Waals surface area contributed by atoms with E-state index in [2.05, 4.69) is 4.72 Å². The van der Waals surface area contributed by atoms with Crippen molar-refractivity contribution in [3.8, 4) is 0 Å². The highest BCUT2D eigenvalue weighted by Gasteiger charge is 2.28. The van der Waals surface area contributed by atoms with Crippen LogP contribution in [0.15, 0.2) is 23.1 Å². The second-order valence-electron chi connectivity index (χ2n) is 5.47. The Labute approximate surface area is 130 Å². The Morgan fingerprint density at radius 2 is 1.77 bits per heavy atom. The molecule has 1 aromatic carbocycles. The van der Waals surface area contributed by atoms with Gasteiger partial charge in [0, 0.05) is 19.1 Å². The molecule has 1 fully saturated rings. The summed E-state index contributed by atoms with van der Waals surface area (Å²) in [6, 6.07) is 3.25. The summed E-state index contributed by atoms with van der Waals surface area (Å²) >= 11 is 0. The maximum atomic E-state index is 13.3. The van der Waals surface area contributed by atoms with E-state index in [0.29, 0.717) is 18.4 Å². The third-order valence-electron chi connectivity index (χ3n) is 3.68. The lowest BCUT2D eigenvalue weighted by Gasteiger charge is -2.30. The number of nitrogens with one attached hydrogen (secondary N) is 1. The van der Waals surface area contributed by atoms with Crippen molar-refractivity contribution in [2.24, 2.45) is 0 Å². The van der Waals surface area contributed by atoms with Gasteiger partial charge in [-0.05, 0) is 37.5 Å². The van der Waals surface area contributed by atoms with Crippen molar-refractivity contribution < 1.29 is 21.2 Å². The highest BCUT2D eigenvalue weighted by atomic mass is 32.2. The first kappa shape index (κ1) is 17.3. The molecule has 2 rings (SSSR count). The number of rotatable bonds is 4. The second-order valence-corrected chi connectivity index (χ2v) is 9.13. The minimum atomic E-state index is -3.82. The standard InChI is InChI=1S/C13H19FN2O4S2/c1-10-3-4-11(14)9-13(10)22(19,20)15-12-5-7-16(8-6-12)21(2,17)18/h3-4,9,12,15H,5-8H2,1-2H3. The van der Waals surface area contributed by atoms with Gasteiger partial charge in [0.1, 0.15) is 5.82 Å². The molecule has 9 heteroatoms. The van der Waals surface area contributed by atoms with Crippen LogP contribution in [-0.2, 0) is 20.0 Å². The van der Waals surface area contributed by atoms with E-state index in [4.69, 9.17) is 0 Å². The summed E-state index contributed by atoms with van der Waals surface area (Å²) in [6.45, 7) is 2.14. The Hall–Kier alpha value is -1.03. The van der Waals surface area contributed by atoms with Crippen LogP contribution in [0, 0.1) is 12.7 Å². The zero-order valence-corrected chi connectivity index (χ0v) is 14.0. The van der Waals surface area contributed by atoms with E-state index in [-0.39, 0.29) is 24.0 Å². The monoisotopic (exact) mass is 350 g/mol. The molecule has 1 aromatic rings. The van der Waals surface area contributed by atoms with Crippen molar-refractivity contribution in [1.29, 1.82) is 0 Å². The quantitative estimate of drug-likeness (QED) is 0.872. The van der Waals surface area contributed by atoms with Crippen molar-refractivity contribution in [3.63, 3.8) is 0 Å². The summed E-state index contributed by atoms with van der Waals surface area (Å²) in [5.41, 5.74) is 0.461. The summed E-state index contributed by atoms with van der Waals surface area (Å²) in [6.07, 6.45) is 1.91. The van der Waals surface area contributed by atoms with Crippen molar-refractivity contribution >= 4 is 20.0 Å². The van der Waals surface area contributed by atoms with Crippen molar-refractivity contribution in [3.05, 3.63) is 29.6 Å². The SMILES string of the molecule is Cc1ccc(F)cc1S(=O)(=O)NC1CCN(S(C)(=O)=O)CC1. The molecule has 0 radical (unpaired) electrons. The third-order valence-corrected chi connectivity index (χ3v) is 6.65. The first-order valence-electron chi connectivity index (χ1n) is 6.83. The minimum Gasteiger partial charge on any atom is -0.213 e. The number of halogens is 1. The number of piperidine rings is 1. The van der Waals surface area contributed by atoms with Crippen molar-refractivity contribution in [1.82, 2.24) is 9.03 Å². The lowest BCUT2D eigenvalue weighted by atomic mass is 10.1. The highest BCUT2D eigenvalue weighted by molar-refractivity contribution is 7.89. The first-order valence-corrected chi connectivity index (χ1v) is 10.2. The number of benzene rings is 1. The van der Waals surface area contributed by atoms with Crippen molar-refractivity contribution in [2.45, 2.75) is 30.7 Å². The summed E-state index contributed by atoms with van der Waals surface area (Å²) in [4.78, 5) is -0.0851. The topological polar surface area (TPSA) is 83.6 Å². The van der Waals surface area contributed by atoms with Crippen LogP contribution in [0.3, 0.4) is 0 Å². The smallest absolute Gasteiger partial charge is 0.213 e. The molecule has 1 heterocycles. The van der Waals surface area contributed by atoms with Gasteiger partial charge in [-0.1, -0.05) is 6.07 Å². The minimum absolute atomic E-state index is 0.0851. The lowest BCUT2D eigenvalue weighted by Crippen LogP contribution is -2.46. The average Bonchev–Trinajstić information content (AvgIpc) is 2.40. The molecule has 1 aliphatic heterocycles. The molecule has 0 bridgehead atoms. The fourth-order valence-corrected chi connectivity index (χ4v) is 4.89. The van der Waals surface area contributed by atoms with E-state index in [1.807, 2.05) is 0 Å². The molecule has 1 saturated heterocycles. The average molecular weight is 350 g/mol. The first-order chi connectivity index (χ1) is 10.1. The van der Waals surface area contributed by atoms with Crippen LogP contribution >= 0.6 is 0 Å². The van der Waals surface area contributed by atoms with E-state index < -0.39 is 25.9 Å². The Kier molecular flexibility index (Phi) is 4.90. The van der Waals surface area contributed by atoms with E-state index in [0.717, 1.165) is 12.3 Å². The number of hydrogen-bond acceptors (Lipinski definition) is 4. The normalized spacial score (nSPS) is 18.5. The maximum absolute atomic E-state index is 13.3. The van der Waals surface area contributed by atoms with Crippen molar-refractivity contribution in [2.75, 3.05) is 19.3 Å². The Morgan fingerprint density at radius 1 is 1.18 bits per heavy atom. The Morgan fingerprint density at radius 3 is 2.32 bits per heavy atom. The molecular formula is C13H19FN2O4S2. The molecule has 22 heavy (non-hydrogen) atoms. The van der Waals surface area contributed by atoms with Gasteiger partial charge in [-0.25, -0.2) is 30.3 Å². The van der Waals surface area contributed by atoms with Crippen LogP contribution in [0.2, 0.25) is 0 Å². The molecule has 6 nitrogen and oxygen atoms in total. The van der Waals surface area contributed by atoms with Crippen LogP contribution in [0.5, 0.6) is 0 Å². The van der Waals surface area contributed by atoms with Gasteiger partial charge in [0.25, 0.3) is 0 Å². The van der Waals surface area contributed by atoms with Gasteiger partial charge in [-0.3, -0.25) is 0 Å². The Balaban J connectivity index is 2.10. The van der Waals surface area contributed by atoms with Crippen LogP contribution in [-0.4, -0.2) is 46.5 Å². The zero-order valence-electron chi connectivity index (χ0n) is 12.4. The molecule has 1 N–H and O–H groups in total. The largest absolute Gasteiger partial charge is 0.241 e. The fourth-order valence-electron chi connectivity index (χ4n) is 2.45. The van der Waals surface area contributed by atoms with Gasteiger partial charge in [-0.15, -0.1) is 0 Å². The summed E-state index contributed by atoms with van der Waals surface area (Å²) in [7, 11) is -7.07. The van der Waals surface area contributed by atoms with Gasteiger partial charge >= 0.3 is 0 Å². The Bertz CT molecular complexity index is 754. The number of hydrogen-bond donors (Lipinski definition) is 1. The number of nitrogens with zero attached hydrogens (tertiary/aromatic N) is 1. The van der Waals surface area contributed by atoms with Crippen LogP contribution in [0.1, 0.15) is 18.4 Å². The summed E-state index contributed by atoms with van der Waals surface area (Å²) in [5, 5.41) is 0. The summed E-state index contributed by atoms with van der Waals surface area (Å²) < 4.78 is 64.7. The third kappa shape index (κ3) is 4.03. The second kappa shape index (κ2) is 6.23. The predicted octanol–water partition coefficient (Wildman–Crippen LogP) is 0.836. The molecule has 0 atom stereocenters. The van der Waals surface area contributed by atoms with Gasteiger partial charge in [0.2, 0.25) is 20.0 Å². The summed E-state index contributed by atoms with van der Waals surface area (Å²) in [5.74, 6) is -0.613. The molecule has 0 unspecified atom stereocenters. The molecule has 0 aromatic heterocycles. The van der Waals surface area contributed by atoms with Crippen LogP contribution < -0.4 is 4.72 Å². The van der Waals surface area contributed by atoms with Crippen LogP contribution in [0.25, 0.3) is 0 Å². The predicted molar refractivity (Wildman–Crippen MR) is 80.9 cm³/mol. The maximum Gasteiger partial charge on any atom is 0.241 e. The molecule has 124 valence electrons. The van der Waals surface area contributed by atoms with Gasteiger partial charge < -0.3 is 0 Å². The molecule has 0 aliphatic carbocycles. The van der Waals surface area contributed by atoms with E-state index in [1.165, 1.54) is 16.4 Å². The zero-order chi connectivity index (χ0) is 16.5. The molecule has 0 amide bonds. The van der Waals surface area contributed by atoms with Gasteiger partial charge in [0.05, 0.1) is 11.2 Å². The van der Waals surface area contributed by atoms with Crippen LogP contribution in [0.4, 0.5) is 4.39 Å². The van der Waals surface area contributed by atoms with E-state index in [9.17, 15) is 21.2 Å². The van der Waals surface area contributed by atoms with Gasteiger partial charge in [-0.2, -0.15) is 0 Å². The molecule has 0 saturated carbocycles. The van der Waals surface area contributed by atoms with E-state index in [1.54, 1.807) is 6.92 Å². The number of sulfonamides is 2. The number of aryl methyl sites for hydroxylation is 1. The van der Waals surface area contributed by atoms with E-state index >= 15 is 0 Å².